The summed E-state index contributed by atoms with van der Waals surface area (Å²) in [6.45, 7) is 8.27. The number of halogens is 2. The van der Waals surface area contributed by atoms with Crippen LogP contribution in [0.15, 0.2) is 42.5 Å². The third kappa shape index (κ3) is 8.41. The third-order valence-corrected chi connectivity index (χ3v) is 6.87. The van der Waals surface area contributed by atoms with Gasteiger partial charge in [-0.15, -0.1) is 0 Å². The number of carbonyl (C=O) groups is 1. The summed E-state index contributed by atoms with van der Waals surface area (Å²) in [6.07, 6.45) is 0.656. The summed E-state index contributed by atoms with van der Waals surface area (Å²) < 4.78 is 49.2. The molecule has 11 heteroatoms. The SMILES string of the molecule is CC(Oc1ccc(Cl)cc1COCC(=O)NS(C)(=O)=O)N1C[C@H](C)N(Cc2ccc(F)cc2)C[C@H]1C. The van der Waals surface area contributed by atoms with Crippen molar-refractivity contribution < 1.29 is 27.1 Å². The third-order valence-electron chi connectivity index (χ3n) is 6.04. The van der Waals surface area contributed by atoms with Crippen molar-refractivity contribution in [2.45, 2.75) is 52.2 Å². The highest BCUT2D eigenvalue weighted by atomic mass is 35.5. The average Bonchev–Trinajstić information content (AvgIpc) is 2.78. The van der Waals surface area contributed by atoms with Crippen LogP contribution in [0.5, 0.6) is 5.75 Å². The lowest BCUT2D eigenvalue weighted by molar-refractivity contribution is -0.124. The number of nitrogens with one attached hydrogen (secondary N) is 1. The van der Waals surface area contributed by atoms with Crippen molar-refractivity contribution in [2.24, 2.45) is 0 Å². The molecular weight excluding hydrogens is 509 g/mol. The van der Waals surface area contributed by atoms with Gasteiger partial charge in [-0.2, -0.15) is 0 Å². The van der Waals surface area contributed by atoms with Crippen molar-refractivity contribution in [1.82, 2.24) is 14.5 Å². The molecule has 1 aliphatic rings. The van der Waals surface area contributed by atoms with Gasteiger partial charge in [0, 0.05) is 42.3 Å². The molecule has 0 aromatic heterocycles. The van der Waals surface area contributed by atoms with Gasteiger partial charge < -0.3 is 9.47 Å². The van der Waals surface area contributed by atoms with Gasteiger partial charge in [0.1, 0.15) is 24.4 Å². The predicted molar refractivity (Wildman–Crippen MR) is 137 cm³/mol. The summed E-state index contributed by atoms with van der Waals surface area (Å²) in [7, 11) is -3.64. The highest BCUT2D eigenvalue weighted by molar-refractivity contribution is 7.89. The lowest BCUT2D eigenvalue weighted by atomic mass is 10.1. The maximum absolute atomic E-state index is 13.2. The van der Waals surface area contributed by atoms with Crippen LogP contribution in [0.2, 0.25) is 5.02 Å². The quantitative estimate of drug-likeness (QED) is 0.493. The Labute approximate surface area is 217 Å². The molecule has 0 aliphatic carbocycles. The number of benzene rings is 2. The number of nitrogens with zero attached hydrogens (tertiary/aromatic N) is 2. The number of sulfonamides is 1. The summed E-state index contributed by atoms with van der Waals surface area (Å²) in [5.41, 5.74) is 1.72. The summed E-state index contributed by atoms with van der Waals surface area (Å²) >= 11 is 6.16. The van der Waals surface area contributed by atoms with Gasteiger partial charge >= 0.3 is 0 Å². The van der Waals surface area contributed by atoms with Crippen LogP contribution in [0.1, 0.15) is 31.9 Å². The van der Waals surface area contributed by atoms with Gasteiger partial charge in [-0.1, -0.05) is 23.7 Å². The zero-order valence-electron chi connectivity index (χ0n) is 20.9. The van der Waals surface area contributed by atoms with E-state index in [0.29, 0.717) is 16.3 Å². The highest BCUT2D eigenvalue weighted by Gasteiger charge is 2.32. The number of carbonyl (C=O) groups excluding carboxylic acids is 1. The number of rotatable bonds is 10. The molecule has 2 aromatic carbocycles. The molecule has 8 nitrogen and oxygen atoms in total. The Bertz CT molecular complexity index is 1150. The van der Waals surface area contributed by atoms with Crippen LogP contribution in [-0.4, -0.2) is 68.4 Å². The van der Waals surface area contributed by atoms with Gasteiger partial charge in [-0.3, -0.25) is 19.3 Å². The molecule has 1 amide bonds. The van der Waals surface area contributed by atoms with Crippen LogP contribution in [0.25, 0.3) is 0 Å². The Kier molecular flexibility index (Phi) is 9.71. The van der Waals surface area contributed by atoms with Gasteiger partial charge in [-0.25, -0.2) is 12.8 Å². The summed E-state index contributed by atoms with van der Waals surface area (Å²) in [4.78, 5) is 16.4. The molecule has 1 fully saturated rings. The van der Waals surface area contributed by atoms with Crippen molar-refractivity contribution >= 4 is 27.5 Å². The minimum atomic E-state index is -3.64. The average molecular weight is 542 g/mol. The fourth-order valence-electron chi connectivity index (χ4n) is 4.29. The minimum Gasteiger partial charge on any atom is -0.475 e. The van der Waals surface area contributed by atoms with E-state index in [-0.39, 0.29) is 30.7 Å². The first-order valence-electron chi connectivity index (χ1n) is 11.7. The number of piperazine rings is 1. The maximum Gasteiger partial charge on any atom is 0.259 e. The van der Waals surface area contributed by atoms with Gasteiger partial charge in [0.05, 0.1) is 12.9 Å². The smallest absolute Gasteiger partial charge is 0.259 e. The van der Waals surface area contributed by atoms with Crippen LogP contribution < -0.4 is 9.46 Å². The molecule has 1 heterocycles. The highest BCUT2D eigenvalue weighted by Crippen LogP contribution is 2.27. The van der Waals surface area contributed by atoms with E-state index in [2.05, 4.69) is 23.6 Å². The van der Waals surface area contributed by atoms with E-state index in [1.165, 1.54) is 12.1 Å². The van der Waals surface area contributed by atoms with Crippen LogP contribution in [0.3, 0.4) is 0 Å². The van der Waals surface area contributed by atoms with Crippen molar-refractivity contribution in [1.29, 1.82) is 0 Å². The Morgan fingerprint density at radius 3 is 2.53 bits per heavy atom. The van der Waals surface area contributed by atoms with E-state index in [1.807, 2.05) is 23.8 Å². The second kappa shape index (κ2) is 12.3. The minimum absolute atomic E-state index is 0.0250. The second-order valence-corrected chi connectivity index (χ2v) is 11.4. The van der Waals surface area contributed by atoms with Gasteiger partial charge in [-0.05, 0) is 56.7 Å². The molecule has 1 aliphatic heterocycles. The van der Waals surface area contributed by atoms with Crippen LogP contribution in [-0.2, 0) is 32.7 Å². The number of hydrogen-bond acceptors (Lipinski definition) is 7. The fourth-order valence-corrected chi connectivity index (χ4v) is 4.96. The number of amides is 1. The fraction of sp³-hybridized carbons (Fsp3) is 0.480. The molecular formula is C25H33ClFN3O5S. The zero-order valence-corrected chi connectivity index (χ0v) is 22.5. The largest absolute Gasteiger partial charge is 0.475 e. The van der Waals surface area contributed by atoms with Crippen LogP contribution in [0.4, 0.5) is 4.39 Å². The Balaban J connectivity index is 1.60. The molecule has 3 rings (SSSR count). The van der Waals surface area contributed by atoms with E-state index in [9.17, 15) is 17.6 Å². The van der Waals surface area contributed by atoms with E-state index in [4.69, 9.17) is 21.1 Å². The molecule has 2 aromatic rings. The molecule has 3 atom stereocenters. The van der Waals surface area contributed by atoms with Gasteiger partial charge in [0.15, 0.2) is 0 Å². The summed E-state index contributed by atoms with van der Waals surface area (Å²) in [5, 5.41) is 0.491. The molecule has 1 saturated heterocycles. The Hall–Kier alpha value is -2.24. The van der Waals surface area contributed by atoms with Gasteiger partial charge in [0.25, 0.3) is 5.91 Å². The van der Waals surface area contributed by atoms with Crippen molar-refractivity contribution in [3.63, 3.8) is 0 Å². The first-order chi connectivity index (χ1) is 16.9. The first kappa shape index (κ1) is 28.3. The first-order valence-corrected chi connectivity index (χ1v) is 14.0. The number of ether oxygens (including phenoxy) is 2. The molecule has 1 N–H and O–H groups in total. The molecule has 0 bridgehead atoms. The topological polar surface area (TPSA) is 88.2 Å². The van der Waals surface area contributed by atoms with Crippen molar-refractivity contribution in [3.8, 4) is 5.75 Å². The normalized spacial score (nSPS) is 20.2. The Morgan fingerprint density at radius 2 is 1.86 bits per heavy atom. The lowest BCUT2D eigenvalue weighted by Gasteiger charge is -2.46. The lowest BCUT2D eigenvalue weighted by Crippen LogP contribution is -2.59. The summed E-state index contributed by atoms with van der Waals surface area (Å²) in [6, 6.07) is 12.3. The molecule has 0 spiro atoms. The Morgan fingerprint density at radius 1 is 1.17 bits per heavy atom. The predicted octanol–water partition coefficient (Wildman–Crippen LogP) is 3.39. The van der Waals surface area contributed by atoms with Crippen LogP contribution in [0, 0.1) is 5.82 Å². The maximum atomic E-state index is 13.2. The number of hydrogen-bond donors (Lipinski definition) is 1. The van der Waals surface area contributed by atoms with Crippen LogP contribution >= 0.6 is 11.6 Å². The zero-order chi connectivity index (χ0) is 26.5. The monoisotopic (exact) mass is 541 g/mol. The van der Waals surface area contributed by atoms with Crippen molar-refractivity contribution in [2.75, 3.05) is 26.0 Å². The van der Waals surface area contributed by atoms with Gasteiger partial charge in [0.2, 0.25) is 10.0 Å². The molecule has 0 saturated carbocycles. The molecule has 1 unspecified atom stereocenters. The summed E-state index contributed by atoms with van der Waals surface area (Å²) in [5.74, 6) is -0.416. The molecule has 198 valence electrons. The van der Waals surface area contributed by atoms with E-state index < -0.39 is 22.5 Å². The van der Waals surface area contributed by atoms with E-state index in [0.717, 1.165) is 31.5 Å². The standard InChI is InChI=1S/C25H33ClFN3O5S/c1-17-13-30(18(2)12-29(17)14-20-5-8-23(27)9-6-20)19(3)35-24-10-7-22(26)11-21(24)15-34-16-25(31)28-36(4,32)33/h5-11,17-19H,12-16H2,1-4H3,(H,28,31)/t17-,18+,19?/m0/s1. The molecule has 0 radical (unpaired) electrons. The molecule has 36 heavy (non-hydrogen) atoms. The van der Waals surface area contributed by atoms with Crippen molar-refractivity contribution in [3.05, 3.63) is 64.4 Å². The second-order valence-electron chi connectivity index (χ2n) is 9.21. The van der Waals surface area contributed by atoms with E-state index >= 15 is 0 Å². The van der Waals surface area contributed by atoms with E-state index in [1.54, 1.807) is 18.2 Å².